The van der Waals surface area contributed by atoms with Crippen LogP contribution >= 0.6 is 0 Å². The van der Waals surface area contributed by atoms with E-state index in [0.717, 1.165) is 28.0 Å². The number of furan rings is 1. The molecule has 1 N–H and O–H groups in total. The van der Waals surface area contributed by atoms with E-state index in [2.05, 4.69) is 19.7 Å². The number of carbonyl (C=O) groups excluding carboxylic acids is 3. The number of hydrogen-bond acceptors (Lipinski definition) is 9. The first-order valence-corrected chi connectivity index (χ1v) is 15.6. The van der Waals surface area contributed by atoms with E-state index in [4.69, 9.17) is 13.9 Å². The zero-order valence-corrected chi connectivity index (χ0v) is 27.0. The number of fused-ring (bicyclic) bond motifs is 4. The third kappa shape index (κ3) is 7.86. The van der Waals surface area contributed by atoms with Crippen molar-refractivity contribution in [3.05, 3.63) is 78.7 Å². The van der Waals surface area contributed by atoms with Crippen LogP contribution in [0.25, 0.3) is 44.3 Å². The highest BCUT2D eigenvalue weighted by atomic mass is 19.4. The highest BCUT2D eigenvalue weighted by Crippen LogP contribution is 2.36. The zero-order valence-electron chi connectivity index (χ0n) is 27.0. The summed E-state index contributed by atoms with van der Waals surface area (Å²) in [7, 11) is 1.64. The number of rotatable bonds is 14. The van der Waals surface area contributed by atoms with E-state index in [1.807, 2.05) is 30.3 Å². The Hall–Kier alpha value is -5.92. The molecular formula is C36H31F3N4O7. The molecular weight excluding hydrogens is 657 g/mol. The van der Waals surface area contributed by atoms with Crippen LogP contribution in [0.15, 0.2) is 77.5 Å². The van der Waals surface area contributed by atoms with Gasteiger partial charge in [-0.2, -0.15) is 0 Å². The number of Topliss-reactive ketones (excluding diaryl/α,β-unsaturated/α-hetero) is 1. The van der Waals surface area contributed by atoms with Crippen molar-refractivity contribution in [1.29, 1.82) is 0 Å². The number of nitrogens with one attached hydrogen (secondary N) is 1. The van der Waals surface area contributed by atoms with Crippen LogP contribution in [0, 0.1) is 0 Å². The van der Waals surface area contributed by atoms with Gasteiger partial charge in [0.2, 0.25) is 0 Å². The fourth-order valence-electron chi connectivity index (χ4n) is 5.48. The molecule has 1 atom stereocenters. The molecule has 14 heteroatoms. The molecule has 0 saturated carbocycles. The average Bonchev–Trinajstić information content (AvgIpc) is 3.71. The van der Waals surface area contributed by atoms with Crippen molar-refractivity contribution < 1.29 is 46.2 Å². The molecule has 0 bridgehead atoms. The van der Waals surface area contributed by atoms with Gasteiger partial charge in [0.1, 0.15) is 47.2 Å². The number of likely N-dealkylation sites (N-methyl/N-ethyl adjacent to an activating group) is 1. The molecule has 6 rings (SSSR count). The van der Waals surface area contributed by atoms with Gasteiger partial charge in [0.25, 0.3) is 5.91 Å². The average molecular weight is 689 g/mol. The van der Waals surface area contributed by atoms with Gasteiger partial charge < -0.3 is 38.1 Å². The van der Waals surface area contributed by atoms with E-state index in [1.165, 1.54) is 36.2 Å². The van der Waals surface area contributed by atoms with Crippen LogP contribution in [0.5, 0.6) is 17.2 Å². The van der Waals surface area contributed by atoms with Crippen LogP contribution in [0.3, 0.4) is 0 Å². The number of aromatic nitrogens is 3. The highest BCUT2D eigenvalue weighted by molar-refractivity contribution is 6.08. The van der Waals surface area contributed by atoms with Crippen molar-refractivity contribution in [1.82, 2.24) is 19.9 Å². The summed E-state index contributed by atoms with van der Waals surface area (Å²) in [6, 6.07) is 16.3. The summed E-state index contributed by atoms with van der Waals surface area (Å²) in [5.74, 6) is 0.186. The van der Waals surface area contributed by atoms with Crippen molar-refractivity contribution in [2.45, 2.75) is 32.0 Å². The molecule has 3 heterocycles. The molecule has 1 amide bonds. The number of benzene rings is 3. The third-order valence-electron chi connectivity index (χ3n) is 8.08. The van der Waals surface area contributed by atoms with Crippen LogP contribution in [0.1, 0.15) is 31.2 Å². The molecule has 3 aromatic carbocycles. The highest BCUT2D eigenvalue weighted by Gasteiger charge is 2.31. The second-order valence-corrected chi connectivity index (χ2v) is 11.6. The van der Waals surface area contributed by atoms with Gasteiger partial charge >= 0.3 is 6.36 Å². The normalized spacial score (nSPS) is 12.3. The molecule has 0 saturated heterocycles. The topological polar surface area (TPSA) is 137 Å². The molecule has 1 unspecified atom stereocenters. The first kappa shape index (κ1) is 34.0. The van der Waals surface area contributed by atoms with Gasteiger partial charge in [0.05, 0.1) is 30.0 Å². The van der Waals surface area contributed by atoms with Crippen LogP contribution in [-0.4, -0.2) is 71.0 Å². The maximum Gasteiger partial charge on any atom is 0.573 e. The SMILES string of the molecule is CC(=O)CCC(C=O)c1coc2ccc3cc(OCCN(C)C(=O)COc4ccc(-c5nc6cc(OC(F)(F)F)ccc6[nH]5)nc4)ccc3c12. The molecule has 0 aliphatic heterocycles. The number of ketones is 1. The smallest absolute Gasteiger partial charge is 0.492 e. The Bertz CT molecular complexity index is 2180. The fraction of sp³-hybridized carbons (Fsp3) is 0.250. The van der Waals surface area contributed by atoms with Crippen molar-refractivity contribution in [3.8, 4) is 28.8 Å². The van der Waals surface area contributed by atoms with Gasteiger partial charge in [0.15, 0.2) is 12.4 Å². The number of halogens is 3. The number of pyridine rings is 1. The van der Waals surface area contributed by atoms with E-state index in [9.17, 15) is 27.6 Å². The van der Waals surface area contributed by atoms with Gasteiger partial charge in [-0.1, -0.05) is 6.07 Å². The molecule has 0 radical (unpaired) electrons. The van der Waals surface area contributed by atoms with E-state index >= 15 is 0 Å². The van der Waals surface area contributed by atoms with E-state index < -0.39 is 12.3 Å². The molecule has 3 aromatic heterocycles. The van der Waals surface area contributed by atoms with E-state index in [1.54, 1.807) is 25.4 Å². The van der Waals surface area contributed by atoms with E-state index in [0.29, 0.717) is 53.5 Å². The number of H-pyrrole nitrogens is 1. The molecule has 6 aromatic rings. The number of amides is 1. The lowest BCUT2D eigenvalue weighted by molar-refractivity contribution is -0.274. The summed E-state index contributed by atoms with van der Waals surface area (Å²) < 4.78 is 58.9. The molecule has 0 fully saturated rings. The van der Waals surface area contributed by atoms with Crippen LogP contribution < -0.4 is 14.2 Å². The summed E-state index contributed by atoms with van der Waals surface area (Å²) in [5.41, 5.74) is 2.60. The van der Waals surface area contributed by atoms with Gasteiger partial charge in [-0.25, -0.2) is 9.97 Å². The first-order chi connectivity index (χ1) is 24.0. The second kappa shape index (κ2) is 14.3. The molecule has 50 heavy (non-hydrogen) atoms. The Kier molecular flexibility index (Phi) is 9.70. The Morgan fingerprint density at radius 2 is 1.82 bits per heavy atom. The molecule has 11 nitrogen and oxygen atoms in total. The lowest BCUT2D eigenvalue weighted by Crippen LogP contribution is -2.34. The Labute approximate surface area is 282 Å². The molecule has 0 aliphatic rings. The maximum atomic E-state index is 12.7. The Morgan fingerprint density at radius 3 is 2.56 bits per heavy atom. The van der Waals surface area contributed by atoms with Crippen LogP contribution in [-0.2, 0) is 14.4 Å². The molecule has 0 spiro atoms. The number of nitrogens with zero attached hydrogens (tertiary/aromatic N) is 3. The van der Waals surface area contributed by atoms with Gasteiger partial charge in [0, 0.05) is 36.4 Å². The number of aromatic amines is 1. The standard InChI is InChI=1S/C36H31F3N4O7/c1-21(45)3-4-23(18-44)28-19-49-32-12-5-22-15-24(6-9-27(22)34(28)32)47-14-13-43(2)33(46)20-48-26-8-11-30(40-17-26)35-41-29-10-7-25(16-31(29)42-35)50-36(37,38)39/h5-12,15-19,23H,3-4,13-14,20H2,1-2H3,(H,41,42). The Morgan fingerprint density at radius 1 is 1.02 bits per heavy atom. The van der Waals surface area contributed by atoms with Crippen molar-refractivity contribution in [3.63, 3.8) is 0 Å². The van der Waals surface area contributed by atoms with Gasteiger partial charge in [-0.3, -0.25) is 4.79 Å². The molecule has 258 valence electrons. The van der Waals surface area contributed by atoms with Crippen LogP contribution in [0.2, 0.25) is 0 Å². The largest absolute Gasteiger partial charge is 0.573 e. The first-order valence-electron chi connectivity index (χ1n) is 15.6. The number of carbonyl (C=O) groups is 3. The van der Waals surface area contributed by atoms with E-state index in [-0.39, 0.29) is 36.2 Å². The lowest BCUT2D eigenvalue weighted by atomic mass is 9.92. The van der Waals surface area contributed by atoms with Gasteiger partial charge in [-0.15, -0.1) is 13.2 Å². The second-order valence-electron chi connectivity index (χ2n) is 11.6. The summed E-state index contributed by atoms with van der Waals surface area (Å²) in [6.07, 6.45) is -0.241. The van der Waals surface area contributed by atoms with Crippen LogP contribution in [0.4, 0.5) is 13.2 Å². The predicted molar refractivity (Wildman–Crippen MR) is 177 cm³/mol. The Balaban J connectivity index is 1.01. The minimum atomic E-state index is -4.81. The van der Waals surface area contributed by atoms with Crippen molar-refractivity contribution in [2.24, 2.45) is 0 Å². The summed E-state index contributed by atoms with van der Waals surface area (Å²) in [6.45, 7) is 1.78. The lowest BCUT2D eigenvalue weighted by Gasteiger charge is -2.18. The van der Waals surface area contributed by atoms with Crippen molar-refractivity contribution >= 4 is 50.8 Å². The predicted octanol–water partition coefficient (Wildman–Crippen LogP) is 6.99. The summed E-state index contributed by atoms with van der Waals surface area (Å²) >= 11 is 0. The number of imidazole rings is 1. The number of hydrogen-bond donors (Lipinski definition) is 1. The zero-order chi connectivity index (χ0) is 35.4. The number of ether oxygens (including phenoxy) is 3. The third-order valence-corrected chi connectivity index (χ3v) is 8.08. The number of alkyl halides is 3. The van der Waals surface area contributed by atoms with Crippen molar-refractivity contribution in [2.75, 3.05) is 26.8 Å². The van der Waals surface area contributed by atoms with Gasteiger partial charge in [-0.05, 0) is 72.6 Å². The molecule has 0 aliphatic carbocycles. The minimum absolute atomic E-state index is 0.0211. The summed E-state index contributed by atoms with van der Waals surface area (Å²) in [5, 5.41) is 2.61. The monoisotopic (exact) mass is 688 g/mol. The summed E-state index contributed by atoms with van der Waals surface area (Å²) in [4.78, 5) is 49.1. The maximum absolute atomic E-state index is 12.7. The quantitative estimate of drug-likeness (QED) is 0.120. The fourth-order valence-corrected chi connectivity index (χ4v) is 5.48. The number of aldehydes is 1. The minimum Gasteiger partial charge on any atom is -0.492 e.